The second-order valence-corrected chi connectivity index (χ2v) is 4.83. The van der Waals surface area contributed by atoms with Crippen LogP contribution in [0.1, 0.15) is 24.4 Å². The average molecular weight is 249 g/mol. The van der Waals surface area contributed by atoms with Gasteiger partial charge in [-0.25, -0.2) is 9.78 Å². The van der Waals surface area contributed by atoms with E-state index in [4.69, 9.17) is 4.74 Å². The highest BCUT2D eigenvalue weighted by Crippen LogP contribution is 2.30. The Kier molecular flexibility index (Phi) is 3.81. The number of carbonyl (C=O) groups is 1. The normalized spacial score (nSPS) is 19.8. The van der Waals surface area contributed by atoms with Gasteiger partial charge < -0.3 is 9.64 Å². The molecule has 1 amide bonds. The Labute approximate surface area is 107 Å². The maximum Gasteiger partial charge on any atom is 0.416 e. The Morgan fingerprint density at radius 3 is 2.78 bits per heavy atom. The van der Waals surface area contributed by atoms with E-state index in [2.05, 4.69) is 16.9 Å². The van der Waals surface area contributed by atoms with E-state index in [1.54, 1.807) is 26.4 Å². The fourth-order valence-corrected chi connectivity index (χ4v) is 2.16. The molecule has 0 aliphatic carbocycles. The van der Waals surface area contributed by atoms with Crippen LogP contribution in [0.2, 0.25) is 0 Å². The largest absolute Gasteiger partial charge is 0.416 e. The zero-order valence-corrected chi connectivity index (χ0v) is 11.1. The van der Waals surface area contributed by atoms with E-state index in [0.29, 0.717) is 11.9 Å². The van der Waals surface area contributed by atoms with Gasteiger partial charge in [0.2, 0.25) is 5.88 Å². The molecule has 1 saturated heterocycles. The molecule has 5 heteroatoms. The van der Waals surface area contributed by atoms with Crippen molar-refractivity contribution in [2.75, 3.05) is 27.7 Å². The van der Waals surface area contributed by atoms with Gasteiger partial charge in [-0.15, -0.1) is 0 Å². The Morgan fingerprint density at radius 2 is 2.28 bits per heavy atom. The van der Waals surface area contributed by atoms with E-state index >= 15 is 0 Å². The predicted octanol–water partition coefficient (Wildman–Crippen LogP) is 1.91. The fourth-order valence-electron chi connectivity index (χ4n) is 2.16. The van der Waals surface area contributed by atoms with Crippen molar-refractivity contribution in [2.24, 2.45) is 0 Å². The molecular formula is C13H19N3O2. The number of hydrogen-bond donors (Lipinski definition) is 0. The minimum Gasteiger partial charge on any atom is -0.391 e. The van der Waals surface area contributed by atoms with Gasteiger partial charge in [-0.05, 0) is 32.0 Å². The summed E-state index contributed by atoms with van der Waals surface area (Å²) in [5.74, 6) is 0.345. The predicted molar refractivity (Wildman–Crippen MR) is 68.6 cm³/mol. The molecule has 2 rings (SSSR count). The number of amides is 1. The Hall–Kier alpha value is -1.62. The third kappa shape index (κ3) is 2.79. The number of rotatable bonds is 2. The van der Waals surface area contributed by atoms with Crippen LogP contribution >= 0.6 is 0 Å². The lowest BCUT2D eigenvalue weighted by molar-refractivity contribution is 0.170. The van der Waals surface area contributed by atoms with Crippen molar-refractivity contribution >= 4 is 6.09 Å². The van der Waals surface area contributed by atoms with Crippen molar-refractivity contribution < 1.29 is 9.53 Å². The molecule has 1 fully saturated rings. The van der Waals surface area contributed by atoms with E-state index < -0.39 is 6.09 Å². The van der Waals surface area contributed by atoms with Crippen LogP contribution in [0.4, 0.5) is 4.79 Å². The molecule has 1 aliphatic rings. The molecule has 0 spiro atoms. The van der Waals surface area contributed by atoms with E-state index in [0.717, 1.165) is 13.0 Å². The first-order chi connectivity index (χ1) is 8.58. The molecule has 1 aromatic rings. The Morgan fingerprint density at radius 1 is 1.50 bits per heavy atom. The fraction of sp³-hybridized carbons (Fsp3) is 0.538. The summed E-state index contributed by atoms with van der Waals surface area (Å²) >= 11 is 0. The van der Waals surface area contributed by atoms with Crippen molar-refractivity contribution in [3.05, 3.63) is 23.9 Å². The maximum atomic E-state index is 11.4. The third-order valence-electron chi connectivity index (χ3n) is 3.22. The maximum absolute atomic E-state index is 11.4. The minimum absolute atomic E-state index is 0.345. The summed E-state index contributed by atoms with van der Waals surface area (Å²) in [5, 5.41) is 0. The van der Waals surface area contributed by atoms with Gasteiger partial charge in [0, 0.05) is 32.4 Å². The van der Waals surface area contributed by atoms with Gasteiger partial charge in [0.05, 0.1) is 0 Å². The molecule has 0 bridgehead atoms. The van der Waals surface area contributed by atoms with Crippen LogP contribution in [0, 0.1) is 0 Å². The van der Waals surface area contributed by atoms with Crippen LogP contribution in [-0.4, -0.2) is 48.6 Å². The molecule has 1 atom stereocenters. The first kappa shape index (κ1) is 12.8. The van der Waals surface area contributed by atoms with Crippen LogP contribution < -0.4 is 4.74 Å². The molecule has 0 aromatic carbocycles. The molecule has 1 aromatic heterocycles. The van der Waals surface area contributed by atoms with Gasteiger partial charge in [0.1, 0.15) is 0 Å². The number of nitrogens with zero attached hydrogens (tertiary/aromatic N) is 3. The van der Waals surface area contributed by atoms with E-state index in [1.165, 1.54) is 16.9 Å². The number of carbonyl (C=O) groups excluding carboxylic acids is 1. The van der Waals surface area contributed by atoms with E-state index in [9.17, 15) is 4.79 Å². The Bertz CT molecular complexity index is 417. The lowest BCUT2D eigenvalue weighted by Crippen LogP contribution is -2.25. The second-order valence-electron chi connectivity index (χ2n) is 4.83. The zero-order chi connectivity index (χ0) is 13.1. The summed E-state index contributed by atoms with van der Waals surface area (Å²) in [4.78, 5) is 19.2. The van der Waals surface area contributed by atoms with E-state index in [-0.39, 0.29) is 0 Å². The van der Waals surface area contributed by atoms with Crippen molar-refractivity contribution in [2.45, 2.75) is 18.9 Å². The number of likely N-dealkylation sites (tertiary alicyclic amines) is 1. The van der Waals surface area contributed by atoms with Gasteiger partial charge in [0.25, 0.3) is 0 Å². The van der Waals surface area contributed by atoms with E-state index in [1.807, 2.05) is 6.07 Å². The molecule has 18 heavy (non-hydrogen) atoms. The van der Waals surface area contributed by atoms with Crippen molar-refractivity contribution in [1.82, 2.24) is 14.8 Å². The smallest absolute Gasteiger partial charge is 0.391 e. The summed E-state index contributed by atoms with van der Waals surface area (Å²) in [6, 6.07) is 4.18. The topological polar surface area (TPSA) is 45.7 Å². The first-order valence-electron chi connectivity index (χ1n) is 6.13. The highest BCUT2D eigenvalue weighted by atomic mass is 16.6. The average Bonchev–Trinajstić information content (AvgIpc) is 2.76. The van der Waals surface area contributed by atoms with Crippen molar-refractivity contribution in [3.8, 4) is 5.88 Å². The SMILES string of the molecule is CN(C)C(=O)Oc1ccc(C2CCCN2C)cn1. The van der Waals surface area contributed by atoms with Gasteiger partial charge in [0.15, 0.2) is 0 Å². The molecule has 1 aliphatic heterocycles. The van der Waals surface area contributed by atoms with Crippen LogP contribution in [0.5, 0.6) is 5.88 Å². The van der Waals surface area contributed by atoms with Crippen molar-refractivity contribution in [3.63, 3.8) is 0 Å². The quantitative estimate of drug-likeness (QED) is 0.803. The Balaban J connectivity index is 2.03. The highest BCUT2D eigenvalue weighted by molar-refractivity contribution is 5.69. The highest BCUT2D eigenvalue weighted by Gasteiger charge is 2.22. The molecule has 2 heterocycles. The molecular weight excluding hydrogens is 230 g/mol. The van der Waals surface area contributed by atoms with Crippen LogP contribution in [0.3, 0.4) is 0 Å². The summed E-state index contributed by atoms with van der Waals surface area (Å²) in [6.07, 6.45) is 3.77. The first-order valence-corrected chi connectivity index (χ1v) is 6.13. The zero-order valence-electron chi connectivity index (χ0n) is 11.1. The standard InChI is InChI=1S/C13H19N3O2/c1-15(2)13(17)18-12-7-6-10(9-14-12)11-5-4-8-16(11)3/h6-7,9,11H,4-5,8H2,1-3H3. The number of ether oxygens (including phenoxy) is 1. The summed E-state index contributed by atoms with van der Waals surface area (Å²) in [7, 11) is 5.41. The lowest BCUT2D eigenvalue weighted by atomic mass is 10.1. The molecule has 98 valence electrons. The molecule has 1 unspecified atom stereocenters. The monoisotopic (exact) mass is 249 g/mol. The molecule has 5 nitrogen and oxygen atoms in total. The van der Waals surface area contributed by atoms with Gasteiger partial charge in [-0.2, -0.15) is 0 Å². The van der Waals surface area contributed by atoms with Crippen LogP contribution in [0.25, 0.3) is 0 Å². The molecule has 0 N–H and O–H groups in total. The minimum atomic E-state index is -0.409. The second kappa shape index (κ2) is 5.35. The summed E-state index contributed by atoms with van der Waals surface area (Å²) in [6.45, 7) is 1.13. The van der Waals surface area contributed by atoms with Crippen LogP contribution in [-0.2, 0) is 0 Å². The number of pyridine rings is 1. The lowest BCUT2D eigenvalue weighted by Gasteiger charge is -2.19. The number of aromatic nitrogens is 1. The van der Waals surface area contributed by atoms with Crippen molar-refractivity contribution in [1.29, 1.82) is 0 Å². The summed E-state index contributed by atoms with van der Waals surface area (Å²) < 4.78 is 5.08. The van der Waals surface area contributed by atoms with Gasteiger partial charge >= 0.3 is 6.09 Å². The van der Waals surface area contributed by atoms with Gasteiger partial charge in [-0.3, -0.25) is 4.90 Å². The van der Waals surface area contributed by atoms with Crippen LogP contribution in [0.15, 0.2) is 18.3 Å². The summed E-state index contributed by atoms with van der Waals surface area (Å²) in [5.41, 5.74) is 1.18. The molecule has 0 radical (unpaired) electrons. The third-order valence-corrected chi connectivity index (χ3v) is 3.22. The van der Waals surface area contributed by atoms with Gasteiger partial charge in [-0.1, -0.05) is 6.07 Å². The molecule has 0 saturated carbocycles. The number of hydrogen-bond acceptors (Lipinski definition) is 4.